The molecule has 3 heteroatoms. The van der Waals surface area contributed by atoms with Crippen molar-refractivity contribution in [2.75, 3.05) is 0 Å². The SMILES string of the molecule is Cc1ccc(F)c([C@H](N)CC#N)c1. The summed E-state index contributed by atoms with van der Waals surface area (Å²) in [5.41, 5.74) is 6.98. The van der Waals surface area contributed by atoms with E-state index >= 15 is 0 Å². The molecule has 1 rings (SSSR count). The van der Waals surface area contributed by atoms with Crippen LogP contribution in [0.3, 0.4) is 0 Å². The lowest BCUT2D eigenvalue weighted by atomic mass is 10.0. The average molecular weight is 178 g/mol. The fourth-order valence-corrected chi connectivity index (χ4v) is 1.16. The third-order valence-corrected chi connectivity index (χ3v) is 1.86. The summed E-state index contributed by atoms with van der Waals surface area (Å²) in [7, 11) is 0. The predicted octanol–water partition coefficient (Wildman–Crippen LogP) is 2.05. The van der Waals surface area contributed by atoms with Crippen molar-refractivity contribution in [2.24, 2.45) is 5.73 Å². The van der Waals surface area contributed by atoms with Crippen molar-refractivity contribution in [3.8, 4) is 6.07 Å². The molecule has 1 aromatic carbocycles. The summed E-state index contributed by atoms with van der Waals surface area (Å²) in [5.74, 6) is -0.339. The van der Waals surface area contributed by atoms with Crippen molar-refractivity contribution < 1.29 is 4.39 Å². The minimum absolute atomic E-state index is 0.139. The van der Waals surface area contributed by atoms with Gasteiger partial charge in [-0.1, -0.05) is 17.7 Å². The van der Waals surface area contributed by atoms with E-state index in [1.807, 2.05) is 13.0 Å². The molecule has 0 aromatic heterocycles. The largest absolute Gasteiger partial charge is 0.323 e. The average Bonchev–Trinajstić information content (AvgIpc) is 2.09. The highest BCUT2D eigenvalue weighted by molar-refractivity contribution is 5.27. The Morgan fingerprint density at radius 1 is 1.62 bits per heavy atom. The molecular formula is C10H11FN2. The number of rotatable bonds is 2. The summed E-state index contributed by atoms with van der Waals surface area (Å²) in [5, 5.41) is 8.41. The predicted molar refractivity (Wildman–Crippen MR) is 48.3 cm³/mol. The van der Waals surface area contributed by atoms with Crippen LogP contribution in [0.5, 0.6) is 0 Å². The van der Waals surface area contributed by atoms with Crippen molar-refractivity contribution in [2.45, 2.75) is 19.4 Å². The second-order valence-electron chi connectivity index (χ2n) is 2.99. The van der Waals surface area contributed by atoms with Gasteiger partial charge in [0.15, 0.2) is 0 Å². The molecule has 0 heterocycles. The lowest BCUT2D eigenvalue weighted by Gasteiger charge is -2.09. The standard InChI is InChI=1S/C10H11FN2/c1-7-2-3-9(11)8(6-7)10(13)4-5-12/h2-3,6,10H,4,13H2,1H3/t10-/m1/s1. The maximum atomic E-state index is 13.2. The normalized spacial score (nSPS) is 12.2. The fourth-order valence-electron chi connectivity index (χ4n) is 1.16. The highest BCUT2D eigenvalue weighted by Gasteiger charge is 2.10. The van der Waals surface area contributed by atoms with E-state index in [1.54, 1.807) is 12.1 Å². The van der Waals surface area contributed by atoms with Crippen LogP contribution in [0.15, 0.2) is 18.2 Å². The van der Waals surface area contributed by atoms with E-state index in [4.69, 9.17) is 11.0 Å². The summed E-state index contributed by atoms with van der Waals surface area (Å²) < 4.78 is 13.2. The molecule has 1 aromatic rings. The Morgan fingerprint density at radius 3 is 2.92 bits per heavy atom. The molecule has 0 unspecified atom stereocenters. The first kappa shape index (κ1) is 9.69. The van der Waals surface area contributed by atoms with Crippen molar-refractivity contribution in [1.82, 2.24) is 0 Å². The maximum Gasteiger partial charge on any atom is 0.128 e. The molecule has 0 saturated heterocycles. The Kier molecular flexibility index (Phi) is 2.99. The van der Waals surface area contributed by atoms with Gasteiger partial charge in [-0.3, -0.25) is 0 Å². The van der Waals surface area contributed by atoms with Gasteiger partial charge in [-0.15, -0.1) is 0 Å². The van der Waals surface area contributed by atoms with E-state index in [0.717, 1.165) is 5.56 Å². The van der Waals surface area contributed by atoms with Crippen LogP contribution < -0.4 is 5.73 Å². The molecule has 0 saturated carbocycles. The fraction of sp³-hybridized carbons (Fsp3) is 0.300. The summed E-state index contributed by atoms with van der Waals surface area (Å²) in [6.45, 7) is 1.86. The van der Waals surface area contributed by atoms with Gasteiger partial charge in [0.05, 0.1) is 12.5 Å². The number of aryl methyl sites for hydroxylation is 1. The molecule has 1 atom stereocenters. The molecule has 0 bridgehead atoms. The van der Waals surface area contributed by atoms with E-state index in [2.05, 4.69) is 0 Å². The molecule has 68 valence electrons. The highest BCUT2D eigenvalue weighted by Crippen LogP contribution is 2.18. The number of nitrogens with two attached hydrogens (primary N) is 1. The Balaban J connectivity index is 3.00. The van der Waals surface area contributed by atoms with Gasteiger partial charge in [-0.25, -0.2) is 4.39 Å². The zero-order valence-electron chi connectivity index (χ0n) is 7.42. The first-order chi connectivity index (χ1) is 6.15. The molecule has 0 radical (unpaired) electrons. The third kappa shape index (κ3) is 2.27. The topological polar surface area (TPSA) is 49.8 Å². The number of hydrogen-bond acceptors (Lipinski definition) is 2. The minimum Gasteiger partial charge on any atom is -0.323 e. The number of nitriles is 1. The van der Waals surface area contributed by atoms with Crippen LogP contribution in [-0.4, -0.2) is 0 Å². The highest BCUT2D eigenvalue weighted by atomic mass is 19.1. The van der Waals surface area contributed by atoms with Gasteiger partial charge < -0.3 is 5.73 Å². The second kappa shape index (κ2) is 4.01. The second-order valence-corrected chi connectivity index (χ2v) is 2.99. The lowest BCUT2D eigenvalue weighted by molar-refractivity contribution is 0.584. The first-order valence-electron chi connectivity index (χ1n) is 4.03. The van der Waals surface area contributed by atoms with Gasteiger partial charge in [0.1, 0.15) is 5.82 Å². The van der Waals surface area contributed by atoms with Gasteiger partial charge in [0.25, 0.3) is 0 Å². The van der Waals surface area contributed by atoms with Crippen molar-refractivity contribution >= 4 is 0 Å². The van der Waals surface area contributed by atoms with Gasteiger partial charge >= 0.3 is 0 Å². The summed E-state index contributed by atoms with van der Waals surface area (Å²) in [6, 6.07) is 6.13. The minimum atomic E-state index is -0.523. The van der Waals surface area contributed by atoms with Crippen LogP contribution in [0.25, 0.3) is 0 Å². The molecule has 13 heavy (non-hydrogen) atoms. The zero-order chi connectivity index (χ0) is 9.84. The summed E-state index contributed by atoms with van der Waals surface area (Å²) >= 11 is 0. The third-order valence-electron chi connectivity index (χ3n) is 1.86. The molecule has 2 N–H and O–H groups in total. The van der Waals surface area contributed by atoms with Crippen molar-refractivity contribution in [3.05, 3.63) is 35.1 Å². The van der Waals surface area contributed by atoms with Crippen molar-refractivity contribution in [3.63, 3.8) is 0 Å². The van der Waals surface area contributed by atoms with Crippen LogP contribution in [0.2, 0.25) is 0 Å². The molecule has 0 aliphatic heterocycles. The van der Waals surface area contributed by atoms with E-state index in [0.29, 0.717) is 5.56 Å². The summed E-state index contributed by atoms with van der Waals surface area (Å²) in [6.07, 6.45) is 0.139. The van der Waals surface area contributed by atoms with Gasteiger partial charge in [0, 0.05) is 11.6 Å². The van der Waals surface area contributed by atoms with Gasteiger partial charge in [-0.2, -0.15) is 5.26 Å². The molecule has 0 spiro atoms. The molecule has 2 nitrogen and oxygen atoms in total. The van der Waals surface area contributed by atoms with Crippen LogP contribution >= 0.6 is 0 Å². The number of benzene rings is 1. The van der Waals surface area contributed by atoms with E-state index in [9.17, 15) is 4.39 Å². The number of hydrogen-bond donors (Lipinski definition) is 1. The lowest BCUT2D eigenvalue weighted by Crippen LogP contribution is -2.11. The Bertz CT molecular complexity index is 341. The Hall–Kier alpha value is -1.40. The zero-order valence-corrected chi connectivity index (χ0v) is 7.42. The molecular weight excluding hydrogens is 167 g/mol. The van der Waals surface area contributed by atoms with Crippen LogP contribution in [0.1, 0.15) is 23.6 Å². The summed E-state index contributed by atoms with van der Waals surface area (Å²) in [4.78, 5) is 0. The van der Waals surface area contributed by atoms with Crippen LogP contribution in [-0.2, 0) is 0 Å². The van der Waals surface area contributed by atoms with E-state index in [-0.39, 0.29) is 12.2 Å². The smallest absolute Gasteiger partial charge is 0.128 e. The molecule has 0 amide bonds. The van der Waals surface area contributed by atoms with E-state index in [1.165, 1.54) is 6.07 Å². The number of nitrogens with zero attached hydrogens (tertiary/aromatic N) is 1. The van der Waals surface area contributed by atoms with Crippen LogP contribution in [0, 0.1) is 24.1 Å². The van der Waals surface area contributed by atoms with Crippen molar-refractivity contribution in [1.29, 1.82) is 5.26 Å². The Morgan fingerprint density at radius 2 is 2.31 bits per heavy atom. The first-order valence-corrected chi connectivity index (χ1v) is 4.03. The molecule has 0 aliphatic rings. The Labute approximate surface area is 76.8 Å². The van der Waals surface area contributed by atoms with Gasteiger partial charge in [-0.05, 0) is 13.0 Å². The molecule has 0 aliphatic carbocycles. The van der Waals surface area contributed by atoms with E-state index < -0.39 is 6.04 Å². The van der Waals surface area contributed by atoms with Gasteiger partial charge in [0.2, 0.25) is 0 Å². The number of halogens is 1. The quantitative estimate of drug-likeness (QED) is 0.753. The maximum absolute atomic E-state index is 13.2. The van der Waals surface area contributed by atoms with Crippen LogP contribution in [0.4, 0.5) is 4.39 Å². The molecule has 0 fully saturated rings. The monoisotopic (exact) mass is 178 g/mol.